The van der Waals surface area contributed by atoms with Gasteiger partial charge in [0.15, 0.2) is 0 Å². The number of hydrogen-bond donors (Lipinski definition) is 1. The standard InChI is InChI=1S/C12H15NO/c1-9-3-4-12-11(7-9)10(8-14-12)5-6-13-2/h3-4,7-8,13H,5-6H2,1-2H3. The molecule has 0 aliphatic rings. The summed E-state index contributed by atoms with van der Waals surface area (Å²) in [7, 11) is 1.97. The van der Waals surface area contributed by atoms with Gasteiger partial charge < -0.3 is 9.73 Å². The molecule has 0 aliphatic heterocycles. The number of aryl methyl sites for hydroxylation is 1. The van der Waals surface area contributed by atoms with Crippen LogP contribution >= 0.6 is 0 Å². The van der Waals surface area contributed by atoms with Gasteiger partial charge in [0.05, 0.1) is 6.26 Å². The minimum Gasteiger partial charge on any atom is -0.464 e. The summed E-state index contributed by atoms with van der Waals surface area (Å²) < 4.78 is 5.47. The maximum Gasteiger partial charge on any atom is 0.134 e. The molecule has 0 aliphatic carbocycles. The number of likely N-dealkylation sites (N-methyl/N-ethyl adjacent to an activating group) is 1. The van der Waals surface area contributed by atoms with Crippen molar-refractivity contribution in [3.05, 3.63) is 35.6 Å². The summed E-state index contributed by atoms with van der Waals surface area (Å²) in [6.07, 6.45) is 2.88. The molecule has 0 amide bonds. The van der Waals surface area contributed by atoms with Crippen LogP contribution in [-0.4, -0.2) is 13.6 Å². The first-order valence-electron chi connectivity index (χ1n) is 4.92. The van der Waals surface area contributed by atoms with E-state index < -0.39 is 0 Å². The highest BCUT2D eigenvalue weighted by Gasteiger charge is 2.04. The van der Waals surface area contributed by atoms with Crippen LogP contribution in [0.5, 0.6) is 0 Å². The molecule has 14 heavy (non-hydrogen) atoms. The average molecular weight is 189 g/mol. The van der Waals surface area contributed by atoms with Crippen molar-refractivity contribution in [2.24, 2.45) is 0 Å². The zero-order chi connectivity index (χ0) is 9.97. The van der Waals surface area contributed by atoms with E-state index in [-0.39, 0.29) is 0 Å². The number of rotatable bonds is 3. The fourth-order valence-corrected chi connectivity index (χ4v) is 1.65. The Bertz CT molecular complexity index is 431. The number of fused-ring (bicyclic) bond motifs is 1. The van der Waals surface area contributed by atoms with Crippen LogP contribution in [0.25, 0.3) is 11.0 Å². The van der Waals surface area contributed by atoms with Crippen LogP contribution < -0.4 is 5.32 Å². The van der Waals surface area contributed by atoms with Gasteiger partial charge in [-0.15, -0.1) is 0 Å². The highest BCUT2D eigenvalue weighted by atomic mass is 16.3. The number of benzene rings is 1. The zero-order valence-corrected chi connectivity index (χ0v) is 8.63. The molecule has 0 spiro atoms. The molecule has 2 aromatic rings. The Morgan fingerprint density at radius 2 is 2.21 bits per heavy atom. The fraction of sp³-hybridized carbons (Fsp3) is 0.333. The van der Waals surface area contributed by atoms with Gasteiger partial charge in [-0.2, -0.15) is 0 Å². The fourth-order valence-electron chi connectivity index (χ4n) is 1.65. The number of nitrogens with one attached hydrogen (secondary N) is 1. The van der Waals surface area contributed by atoms with Gasteiger partial charge in [-0.25, -0.2) is 0 Å². The topological polar surface area (TPSA) is 25.2 Å². The molecule has 0 fully saturated rings. The van der Waals surface area contributed by atoms with E-state index in [9.17, 15) is 0 Å². The summed E-state index contributed by atoms with van der Waals surface area (Å²) in [5.74, 6) is 0. The van der Waals surface area contributed by atoms with Gasteiger partial charge >= 0.3 is 0 Å². The first kappa shape index (κ1) is 9.28. The van der Waals surface area contributed by atoms with Crippen LogP contribution in [0.3, 0.4) is 0 Å². The highest BCUT2D eigenvalue weighted by Crippen LogP contribution is 2.22. The number of furan rings is 1. The van der Waals surface area contributed by atoms with E-state index in [4.69, 9.17) is 4.42 Å². The molecule has 0 saturated carbocycles. The van der Waals surface area contributed by atoms with E-state index in [0.29, 0.717) is 0 Å². The third-order valence-electron chi connectivity index (χ3n) is 2.45. The third-order valence-corrected chi connectivity index (χ3v) is 2.45. The van der Waals surface area contributed by atoms with Crippen LogP contribution in [0.4, 0.5) is 0 Å². The molecule has 0 unspecified atom stereocenters. The van der Waals surface area contributed by atoms with Crippen LogP contribution in [-0.2, 0) is 6.42 Å². The summed E-state index contributed by atoms with van der Waals surface area (Å²) in [6.45, 7) is 3.09. The van der Waals surface area contributed by atoms with E-state index in [1.165, 1.54) is 16.5 Å². The predicted octanol–water partition coefficient (Wildman–Crippen LogP) is 2.50. The molecule has 1 N–H and O–H groups in total. The first-order chi connectivity index (χ1) is 6.81. The SMILES string of the molecule is CNCCc1coc2ccc(C)cc12. The minimum atomic E-state index is 0.988. The second-order valence-electron chi connectivity index (χ2n) is 3.61. The zero-order valence-electron chi connectivity index (χ0n) is 8.63. The smallest absolute Gasteiger partial charge is 0.134 e. The van der Waals surface area contributed by atoms with Gasteiger partial charge in [-0.1, -0.05) is 11.6 Å². The van der Waals surface area contributed by atoms with Crippen molar-refractivity contribution in [1.29, 1.82) is 0 Å². The summed E-state index contributed by atoms with van der Waals surface area (Å²) in [5.41, 5.74) is 3.56. The second kappa shape index (κ2) is 3.84. The third kappa shape index (κ3) is 1.66. The first-order valence-corrected chi connectivity index (χ1v) is 4.92. The predicted molar refractivity (Wildman–Crippen MR) is 58.6 cm³/mol. The molecule has 0 saturated heterocycles. The summed E-state index contributed by atoms with van der Waals surface area (Å²) in [6, 6.07) is 6.30. The van der Waals surface area contributed by atoms with Crippen molar-refractivity contribution in [3.63, 3.8) is 0 Å². The Morgan fingerprint density at radius 3 is 3.00 bits per heavy atom. The maximum atomic E-state index is 5.47. The molecule has 2 rings (SSSR count). The van der Waals surface area contributed by atoms with Gasteiger partial charge in [0, 0.05) is 5.39 Å². The Morgan fingerprint density at radius 1 is 1.36 bits per heavy atom. The molecule has 1 aromatic heterocycles. The van der Waals surface area contributed by atoms with Gasteiger partial charge in [-0.05, 0) is 44.6 Å². The van der Waals surface area contributed by atoms with Crippen LogP contribution in [0.1, 0.15) is 11.1 Å². The van der Waals surface area contributed by atoms with Gasteiger partial charge in [0.25, 0.3) is 0 Å². The van der Waals surface area contributed by atoms with Crippen LogP contribution in [0.15, 0.2) is 28.9 Å². The van der Waals surface area contributed by atoms with Crippen molar-refractivity contribution in [3.8, 4) is 0 Å². The molecule has 1 heterocycles. The molecular formula is C12H15NO. The maximum absolute atomic E-state index is 5.47. The van der Waals surface area contributed by atoms with Crippen LogP contribution in [0.2, 0.25) is 0 Å². The lowest BCUT2D eigenvalue weighted by Gasteiger charge is -1.97. The summed E-state index contributed by atoms with van der Waals surface area (Å²) in [4.78, 5) is 0. The molecule has 2 heteroatoms. The quantitative estimate of drug-likeness (QED) is 0.802. The monoisotopic (exact) mass is 189 g/mol. The van der Waals surface area contributed by atoms with Crippen molar-refractivity contribution in [2.75, 3.05) is 13.6 Å². The van der Waals surface area contributed by atoms with E-state index >= 15 is 0 Å². The van der Waals surface area contributed by atoms with Crippen molar-refractivity contribution >= 4 is 11.0 Å². The lowest BCUT2D eigenvalue weighted by molar-refractivity contribution is 0.608. The van der Waals surface area contributed by atoms with E-state index in [0.717, 1.165) is 18.5 Å². The molecule has 0 atom stereocenters. The Hall–Kier alpha value is -1.28. The Balaban J connectivity index is 2.40. The lowest BCUT2D eigenvalue weighted by atomic mass is 10.1. The van der Waals surface area contributed by atoms with Crippen molar-refractivity contribution in [2.45, 2.75) is 13.3 Å². The lowest BCUT2D eigenvalue weighted by Crippen LogP contribution is -2.09. The van der Waals surface area contributed by atoms with Crippen molar-refractivity contribution in [1.82, 2.24) is 5.32 Å². The minimum absolute atomic E-state index is 0.988. The Labute approximate surface area is 83.9 Å². The number of hydrogen-bond acceptors (Lipinski definition) is 2. The molecule has 2 nitrogen and oxygen atoms in total. The molecule has 1 aromatic carbocycles. The van der Waals surface area contributed by atoms with Crippen molar-refractivity contribution < 1.29 is 4.42 Å². The van der Waals surface area contributed by atoms with Gasteiger partial charge in [-0.3, -0.25) is 0 Å². The summed E-state index contributed by atoms with van der Waals surface area (Å²) in [5, 5.41) is 4.39. The normalized spacial score (nSPS) is 11.0. The average Bonchev–Trinajstić information content (AvgIpc) is 2.57. The highest BCUT2D eigenvalue weighted by molar-refractivity contribution is 5.81. The summed E-state index contributed by atoms with van der Waals surface area (Å²) >= 11 is 0. The van der Waals surface area contributed by atoms with Crippen LogP contribution in [0, 0.1) is 6.92 Å². The van der Waals surface area contributed by atoms with Gasteiger partial charge in [0.2, 0.25) is 0 Å². The van der Waals surface area contributed by atoms with E-state index in [2.05, 4.69) is 24.4 Å². The molecule has 74 valence electrons. The van der Waals surface area contributed by atoms with E-state index in [1.807, 2.05) is 19.4 Å². The Kier molecular flexibility index (Phi) is 2.55. The largest absolute Gasteiger partial charge is 0.464 e. The second-order valence-corrected chi connectivity index (χ2v) is 3.61. The van der Waals surface area contributed by atoms with Gasteiger partial charge in [0.1, 0.15) is 5.58 Å². The molecule has 0 bridgehead atoms. The molecule has 0 radical (unpaired) electrons. The molecular weight excluding hydrogens is 174 g/mol. The van der Waals surface area contributed by atoms with E-state index in [1.54, 1.807) is 0 Å².